The molecule has 0 spiro atoms. The lowest BCUT2D eigenvalue weighted by Crippen LogP contribution is -2.20. The lowest BCUT2D eigenvalue weighted by atomic mass is 10.1. The van der Waals surface area contributed by atoms with Crippen LogP contribution in [0.1, 0.15) is 44.2 Å². The Kier molecular flexibility index (Phi) is 17.1. The van der Waals surface area contributed by atoms with Crippen LogP contribution in [0.15, 0.2) is 157 Å². The maximum Gasteiger partial charge on any atom is 0.573 e. The van der Waals surface area contributed by atoms with E-state index in [4.69, 9.17) is 9.05 Å². The number of ether oxygens (including phenoxy) is 2. The molecule has 0 amide bonds. The van der Waals surface area contributed by atoms with Gasteiger partial charge in [-0.3, -0.25) is 9.59 Å². The maximum atomic E-state index is 12.5. The molecule has 0 unspecified atom stereocenters. The Bertz CT molecular complexity index is 3140. The van der Waals surface area contributed by atoms with Crippen LogP contribution in [0.3, 0.4) is 0 Å². The van der Waals surface area contributed by atoms with Gasteiger partial charge in [0.25, 0.3) is 22.9 Å². The Morgan fingerprint density at radius 3 is 1.44 bits per heavy atom. The van der Waals surface area contributed by atoms with Crippen molar-refractivity contribution in [2.75, 3.05) is 31.1 Å². The highest BCUT2D eigenvalue weighted by atomic mass is 79.9. The summed E-state index contributed by atoms with van der Waals surface area (Å²) >= 11 is 3.40. The molecule has 4 aromatic heterocycles. The number of nitrogens with zero attached hydrogens (tertiary/aromatic N) is 7. The third kappa shape index (κ3) is 14.8. The van der Waals surface area contributed by atoms with Gasteiger partial charge in [-0.05, 0) is 135 Å². The monoisotopic (exact) mass is 1060 g/mol. The van der Waals surface area contributed by atoms with E-state index in [2.05, 4.69) is 68.0 Å². The van der Waals surface area contributed by atoms with Crippen LogP contribution >= 0.6 is 15.9 Å². The van der Waals surface area contributed by atoms with Crippen LogP contribution in [0.25, 0.3) is 45.7 Å². The van der Waals surface area contributed by atoms with Gasteiger partial charge in [-0.15, -0.1) is 26.3 Å². The number of rotatable bonds is 11. The molecule has 2 aliphatic rings. The first-order valence-electron chi connectivity index (χ1n) is 22.2. The Morgan fingerprint density at radius 2 is 1.01 bits per heavy atom. The van der Waals surface area contributed by atoms with E-state index in [0.717, 1.165) is 46.5 Å². The van der Waals surface area contributed by atoms with Crippen molar-refractivity contribution in [3.05, 3.63) is 170 Å². The van der Waals surface area contributed by atoms with Gasteiger partial charge in [-0.25, -0.2) is 0 Å². The molecule has 0 aliphatic carbocycles. The van der Waals surface area contributed by atoms with Gasteiger partial charge in [0.15, 0.2) is 0 Å². The highest BCUT2D eigenvalue weighted by molar-refractivity contribution is 9.10. The standard InChI is InChI=1S/C25H21F3N4O3.C21H13BrF3N3O3.C4H9N.CH4/c26-25(27,28)34-21-9-6-18(7-10-21)23-29-24(35-30-23)19-8-11-22(33)32(16-19)15-17-4-3-5-20(14-17)31-12-1-2-13-31;22-16-3-1-2-13(10-16)11-28-12-15(6-9-18(28)29)20-26-19(27-31-20)14-4-7-17(8-5-14)30-21(23,24)25;1-2-4-5-3-1;/h3-11,14,16H,1-2,12-13,15H2;1-10,12H,11H2;5H,1-4H2;1H4. The molecule has 376 valence electrons. The second-order valence-corrected chi connectivity index (χ2v) is 17.1. The molecule has 2 aliphatic heterocycles. The minimum absolute atomic E-state index is 0. The van der Waals surface area contributed by atoms with Crippen LogP contribution in [-0.2, 0) is 13.1 Å². The molecule has 6 heterocycles. The van der Waals surface area contributed by atoms with E-state index in [1.165, 1.54) is 91.9 Å². The number of halogens is 7. The van der Waals surface area contributed by atoms with Crippen molar-refractivity contribution in [3.8, 4) is 57.2 Å². The molecule has 2 fully saturated rings. The predicted octanol–water partition coefficient (Wildman–Crippen LogP) is 11.4. The first kappa shape index (κ1) is 52.3. The van der Waals surface area contributed by atoms with Crippen LogP contribution in [0.4, 0.5) is 32.0 Å². The topological polar surface area (TPSA) is 156 Å². The lowest BCUT2D eigenvalue weighted by Gasteiger charge is -2.18. The van der Waals surface area contributed by atoms with Crippen LogP contribution in [0.5, 0.6) is 11.5 Å². The summed E-state index contributed by atoms with van der Waals surface area (Å²) in [5, 5.41) is 11.0. The van der Waals surface area contributed by atoms with E-state index in [9.17, 15) is 35.9 Å². The Balaban J connectivity index is 0.000000191. The Labute approximate surface area is 417 Å². The number of nitrogens with one attached hydrogen (secondary N) is 1. The SMILES string of the molecule is C.C1CCNC1.O=c1ccc(-c2nc(-c3ccc(OC(F)(F)F)cc3)no2)cn1Cc1cccc(Br)c1.O=c1ccc(-c2nc(-c3ccc(OC(F)(F)F)cc3)no2)cn1Cc1cccc(N2CCCC2)c1. The van der Waals surface area contributed by atoms with E-state index in [-0.39, 0.29) is 53.5 Å². The molecule has 0 bridgehead atoms. The zero-order chi connectivity index (χ0) is 50.0. The molecular formula is C51H47BrF6N8O6. The number of aromatic nitrogens is 6. The zero-order valence-electron chi connectivity index (χ0n) is 37.5. The lowest BCUT2D eigenvalue weighted by molar-refractivity contribution is -0.275. The van der Waals surface area contributed by atoms with Gasteiger partial charge < -0.3 is 37.9 Å². The summed E-state index contributed by atoms with van der Waals surface area (Å²) in [6, 6.07) is 32.0. The predicted molar refractivity (Wildman–Crippen MR) is 261 cm³/mol. The second kappa shape index (κ2) is 23.6. The second-order valence-electron chi connectivity index (χ2n) is 16.2. The van der Waals surface area contributed by atoms with E-state index >= 15 is 0 Å². The van der Waals surface area contributed by atoms with Gasteiger partial charge in [0.2, 0.25) is 11.6 Å². The van der Waals surface area contributed by atoms with Crippen molar-refractivity contribution in [3.63, 3.8) is 0 Å². The molecule has 10 rings (SSSR count). The van der Waals surface area contributed by atoms with Crippen LogP contribution < -0.4 is 30.8 Å². The minimum atomic E-state index is -4.76. The fourth-order valence-electron chi connectivity index (χ4n) is 7.57. The fourth-order valence-corrected chi connectivity index (χ4v) is 8.02. The third-order valence-corrected chi connectivity index (χ3v) is 11.4. The minimum Gasteiger partial charge on any atom is -0.406 e. The summed E-state index contributed by atoms with van der Waals surface area (Å²) in [6.07, 6.45) is -1.12. The number of anilines is 1. The molecule has 14 nitrogen and oxygen atoms in total. The number of alkyl halides is 6. The highest BCUT2D eigenvalue weighted by Gasteiger charge is 2.32. The van der Waals surface area contributed by atoms with Gasteiger partial charge >= 0.3 is 12.7 Å². The quantitative estimate of drug-likeness (QED) is 0.123. The first-order valence-corrected chi connectivity index (χ1v) is 23.0. The molecule has 0 radical (unpaired) electrons. The number of hydrogen-bond donors (Lipinski definition) is 1. The van der Waals surface area contributed by atoms with Gasteiger partial charge in [-0.1, -0.05) is 57.9 Å². The van der Waals surface area contributed by atoms with E-state index in [1.54, 1.807) is 29.1 Å². The largest absolute Gasteiger partial charge is 0.573 e. The summed E-state index contributed by atoms with van der Waals surface area (Å²) < 4.78 is 96.3. The third-order valence-electron chi connectivity index (χ3n) is 10.9. The van der Waals surface area contributed by atoms with E-state index in [1.807, 2.05) is 36.4 Å². The van der Waals surface area contributed by atoms with Crippen molar-refractivity contribution in [2.24, 2.45) is 0 Å². The summed E-state index contributed by atoms with van der Waals surface area (Å²) in [4.78, 5) is 35.7. The van der Waals surface area contributed by atoms with E-state index < -0.39 is 12.7 Å². The molecule has 2 saturated heterocycles. The summed E-state index contributed by atoms with van der Waals surface area (Å²) in [7, 11) is 0. The highest BCUT2D eigenvalue weighted by Crippen LogP contribution is 2.29. The fraction of sp³-hybridized carbons (Fsp3) is 0.255. The molecule has 8 aromatic rings. The average molecular weight is 1060 g/mol. The van der Waals surface area contributed by atoms with Crippen molar-refractivity contribution >= 4 is 21.6 Å². The molecule has 72 heavy (non-hydrogen) atoms. The summed E-state index contributed by atoms with van der Waals surface area (Å²) in [6.45, 7) is 5.32. The van der Waals surface area contributed by atoms with Crippen molar-refractivity contribution in [2.45, 2.75) is 58.9 Å². The van der Waals surface area contributed by atoms with Crippen LogP contribution in [0.2, 0.25) is 0 Å². The van der Waals surface area contributed by atoms with Crippen molar-refractivity contribution in [1.82, 2.24) is 34.7 Å². The van der Waals surface area contributed by atoms with Gasteiger partial charge in [-0.2, -0.15) is 9.97 Å². The van der Waals surface area contributed by atoms with Crippen LogP contribution in [0, 0.1) is 0 Å². The molecule has 0 saturated carbocycles. The van der Waals surface area contributed by atoms with Crippen LogP contribution in [-0.4, -0.2) is 68.3 Å². The maximum absolute atomic E-state index is 12.5. The smallest absolute Gasteiger partial charge is 0.406 e. The van der Waals surface area contributed by atoms with Gasteiger partial charge in [0, 0.05) is 58.9 Å². The van der Waals surface area contributed by atoms with Gasteiger partial charge in [0.1, 0.15) is 11.5 Å². The molecule has 21 heteroatoms. The Hall–Kier alpha value is -7.52. The number of pyridine rings is 2. The van der Waals surface area contributed by atoms with Crippen molar-refractivity contribution < 1.29 is 44.9 Å². The zero-order valence-corrected chi connectivity index (χ0v) is 39.1. The molecule has 0 atom stereocenters. The van der Waals surface area contributed by atoms with Crippen molar-refractivity contribution in [1.29, 1.82) is 0 Å². The Morgan fingerprint density at radius 1 is 0.569 bits per heavy atom. The average Bonchev–Trinajstić information content (AvgIpc) is 4.20. The normalized spacial score (nSPS) is 13.3. The number of benzene rings is 4. The summed E-state index contributed by atoms with van der Waals surface area (Å²) in [5.74, 6) is 0.0714. The first-order chi connectivity index (χ1) is 34.1. The van der Waals surface area contributed by atoms with Gasteiger partial charge in [0.05, 0.1) is 24.2 Å². The molecule has 1 N–H and O–H groups in total. The number of hydrogen-bond acceptors (Lipinski definition) is 12. The molecular weight excluding hydrogens is 1010 g/mol. The summed E-state index contributed by atoms with van der Waals surface area (Å²) in [5.41, 5.74) is 4.72. The molecule has 4 aromatic carbocycles. The van der Waals surface area contributed by atoms with E-state index in [0.29, 0.717) is 35.3 Å².